The van der Waals surface area contributed by atoms with E-state index in [4.69, 9.17) is 30.8 Å². The number of carbonyl (C=O) groups is 2. The average Bonchev–Trinajstić information content (AvgIpc) is 3.30. The number of halogens is 1. The van der Waals surface area contributed by atoms with E-state index < -0.39 is 0 Å². The topological polar surface area (TPSA) is 80.7 Å². The minimum Gasteiger partial charge on any atom is -0.490 e. The fourth-order valence-electron chi connectivity index (χ4n) is 4.53. The molecule has 0 radical (unpaired) electrons. The zero-order valence-corrected chi connectivity index (χ0v) is 25.1. The molecule has 0 spiro atoms. The third kappa shape index (κ3) is 7.15. The molecule has 3 aromatic carbocycles. The molecule has 0 unspecified atom stereocenters. The van der Waals surface area contributed by atoms with E-state index in [-0.39, 0.29) is 11.8 Å². The Morgan fingerprint density at radius 1 is 1.02 bits per heavy atom. The highest BCUT2D eigenvalue weighted by Gasteiger charge is 2.32. The molecule has 5 rings (SSSR count). The second-order valence-electron chi connectivity index (χ2n) is 9.56. The van der Waals surface area contributed by atoms with Crippen molar-refractivity contribution in [2.45, 2.75) is 20.5 Å². The molecule has 42 heavy (non-hydrogen) atoms. The summed E-state index contributed by atoms with van der Waals surface area (Å²) in [5.41, 5.74) is 2.98. The smallest absolute Gasteiger partial charge is 0.266 e. The fourth-order valence-corrected chi connectivity index (χ4v) is 5.72. The van der Waals surface area contributed by atoms with Gasteiger partial charge in [0.05, 0.1) is 30.4 Å². The number of aliphatic imine (C=N–C) groups is 1. The van der Waals surface area contributed by atoms with Crippen molar-refractivity contribution in [3.05, 3.63) is 93.3 Å². The monoisotopic (exact) mass is 605 g/mol. The molecule has 2 aliphatic rings. The molecule has 10 heteroatoms. The van der Waals surface area contributed by atoms with E-state index in [1.165, 1.54) is 11.8 Å². The van der Waals surface area contributed by atoms with Gasteiger partial charge in [-0.2, -0.15) is 0 Å². The van der Waals surface area contributed by atoms with Gasteiger partial charge in [0.2, 0.25) is 0 Å². The SMILES string of the molecule is CCOc1cc(/C=C2/SC(=Nc3cccc(C(=O)N4CCOCC4)c3)N(CC)C2=O)ccc1OCc1ccc(Cl)cc1. The number of rotatable bonds is 9. The van der Waals surface area contributed by atoms with Crippen LogP contribution in [0.2, 0.25) is 5.02 Å². The van der Waals surface area contributed by atoms with Crippen LogP contribution >= 0.6 is 23.4 Å². The quantitative estimate of drug-likeness (QED) is 0.262. The van der Waals surface area contributed by atoms with Gasteiger partial charge in [0.25, 0.3) is 11.8 Å². The number of amides is 2. The summed E-state index contributed by atoms with van der Waals surface area (Å²) in [4.78, 5) is 35.0. The van der Waals surface area contributed by atoms with E-state index in [9.17, 15) is 9.59 Å². The number of morpholine rings is 1. The number of likely N-dealkylation sites (N-methyl/N-ethyl adjacent to an activating group) is 1. The molecule has 0 N–H and O–H groups in total. The Balaban J connectivity index is 1.34. The van der Waals surface area contributed by atoms with Crippen LogP contribution in [0.15, 0.2) is 76.6 Å². The van der Waals surface area contributed by atoms with Crippen molar-refractivity contribution in [1.29, 1.82) is 0 Å². The van der Waals surface area contributed by atoms with Crippen LogP contribution in [0.5, 0.6) is 11.5 Å². The Hall–Kier alpha value is -3.79. The van der Waals surface area contributed by atoms with E-state index in [2.05, 4.69) is 0 Å². The minimum atomic E-state index is -0.122. The van der Waals surface area contributed by atoms with E-state index in [1.807, 2.05) is 74.5 Å². The highest BCUT2D eigenvalue weighted by Crippen LogP contribution is 2.36. The lowest BCUT2D eigenvalue weighted by Crippen LogP contribution is -2.40. The summed E-state index contributed by atoms with van der Waals surface area (Å²) in [7, 11) is 0. The minimum absolute atomic E-state index is 0.0471. The maximum atomic E-state index is 13.3. The predicted molar refractivity (Wildman–Crippen MR) is 167 cm³/mol. The first kappa shape index (κ1) is 29.7. The molecule has 8 nitrogen and oxygen atoms in total. The molecule has 0 aromatic heterocycles. The lowest BCUT2D eigenvalue weighted by Gasteiger charge is -2.26. The summed E-state index contributed by atoms with van der Waals surface area (Å²) < 4.78 is 17.2. The number of amidine groups is 1. The Morgan fingerprint density at radius 3 is 2.55 bits per heavy atom. The van der Waals surface area contributed by atoms with Crippen LogP contribution in [0.25, 0.3) is 6.08 Å². The van der Waals surface area contributed by atoms with Gasteiger partial charge in [-0.15, -0.1) is 0 Å². The molecule has 0 saturated carbocycles. The van der Waals surface area contributed by atoms with Crippen LogP contribution in [-0.2, 0) is 16.1 Å². The lowest BCUT2D eigenvalue weighted by atomic mass is 10.1. The van der Waals surface area contributed by atoms with Gasteiger partial charge < -0.3 is 19.1 Å². The molecule has 2 fully saturated rings. The molecule has 2 saturated heterocycles. The van der Waals surface area contributed by atoms with Gasteiger partial charge in [-0.25, -0.2) is 4.99 Å². The second kappa shape index (κ2) is 13.9. The van der Waals surface area contributed by atoms with Crippen LogP contribution in [-0.4, -0.2) is 66.2 Å². The highest BCUT2D eigenvalue weighted by molar-refractivity contribution is 8.18. The summed E-state index contributed by atoms with van der Waals surface area (Å²) in [6, 6.07) is 20.3. The molecule has 0 bridgehead atoms. The van der Waals surface area contributed by atoms with Crippen molar-refractivity contribution in [3.8, 4) is 11.5 Å². The van der Waals surface area contributed by atoms with Crippen LogP contribution < -0.4 is 9.47 Å². The Kier molecular flexibility index (Phi) is 9.84. The van der Waals surface area contributed by atoms with Crippen molar-refractivity contribution in [2.75, 3.05) is 39.5 Å². The zero-order valence-electron chi connectivity index (χ0n) is 23.5. The number of ether oxygens (including phenoxy) is 3. The van der Waals surface area contributed by atoms with E-state index in [0.717, 1.165) is 11.1 Å². The molecule has 0 aliphatic carbocycles. The van der Waals surface area contributed by atoms with Crippen molar-refractivity contribution < 1.29 is 23.8 Å². The van der Waals surface area contributed by atoms with Gasteiger partial charge in [0.1, 0.15) is 6.61 Å². The largest absolute Gasteiger partial charge is 0.490 e. The molecular weight excluding hydrogens is 574 g/mol. The van der Waals surface area contributed by atoms with Gasteiger partial charge in [0, 0.05) is 30.2 Å². The molecular formula is C32H32ClN3O5S. The zero-order chi connectivity index (χ0) is 29.5. The van der Waals surface area contributed by atoms with Gasteiger partial charge in [-0.05, 0) is 85.3 Å². The number of hydrogen-bond donors (Lipinski definition) is 0. The summed E-state index contributed by atoms with van der Waals surface area (Å²) in [6.07, 6.45) is 1.84. The van der Waals surface area contributed by atoms with E-state index >= 15 is 0 Å². The maximum Gasteiger partial charge on any atom is 0.266 e. The molecule has 2 heterocycles. The average molecular weight is 606 g/mol. The lowest BCUT2D eigenvalue weighted by molar-refractivity contribution is -0.122. The van der Waals surface area contributed by atoms with Crippen molar-refractivity contribution in [3.63, 3.8) is 0 Å². The first-order valence-electron chi connectivity index (χ1n) is 13.9. The Bertz CT molecular complexity index is 1500. The van der Waals surface area contributed by atoms with Crippen LogP contribution in [0.4, 0.5) is 5.69 Å². The van der Waals surface area contributed by atoms with Gasteiger partial charge in [-0.3, -0.25) is 14.5 Å². The highest BCUT2D eigenvalue weighted by atomic mass is 35.5. The van der Waals surface area contributed by atoms with Crippen molar-refractivity contribution >= 4 is 52.1 Å². The van der Waals surface area contributed by atoms with Crippen LogP contribution in [0, 0.1) is 0 Å². The van der Waals surface area contributed by atoms with Crippen molar-refractivity contribution in [1.82, 2.24) is 9.80 Å². The molecule has 2 amide bonds. The standard InChI is InChI=1S/C32H32ClN3O5S/c1-3-36-31(38)29(42-32(36)34-26-7-5-6-24(20-26)30(37)35-14-16-39-17-15-35)19-23-10-13-27(28(18-23)40-4-2)41-21-22-8-11-25(33)12-9-22/h5-13,18-20H,3-4,14-17,21H2,1-2H3/b29-19+,34-32?. The second-order valence-corrected chi connectivity index (χ2v) is 11.0. The first-order valence-corrected chi connectivity index (χ1v) is 15.1. The summed E-state index contributed by atoms with van der Waals surface area (Å²) in [5, 5.41) is 1.24. The maximum absolute atomic E-state index is 13.3. The van der Waals surface area contributed by atoms with Gasteiger partial charge in [0.15, 0.2) is 16.7 Å². The Morgan fingerprint density at radius 2 is 1.81 bits per heavy atom. The molecule has 2 aliphatic heterocycles. The summed E-state index contributed by atoms with van der Waals surface area (Å²) in [6.45, 7) is 7.35. The summed E-state index contributed by atoms with van der Waals surface area (Å²) >= 11 is 7.29. The Labute approximate surface area is 254 Å². The first-order chi connectivity index (χ1) is 20.4. The van der Waals surface area contributed by atoms with Crippen LogP contribution in [0.1, 0.15) is 35.3 Å². The van der Waals surface area contributed by atoms with Gasteiger partial charge in [-0.1, -0.05) is 35.9 Å². The summed E-state index contributed by atoms with van der Waals surface area (Å²) in [5.74, 6) is 1.04. The van der Waals surface area contributed by atoms with E-state index in [0.29, 0.717) is 83.9 Å². The molecule has 3 aromatic rings. The number of benzene rings is 3. The van der Waals surface area contributed by atoms with Crippen molar-refractivity contribution in [2.24, 2.45) is 4.99 Å². The number of nitrogens with zero attached hydrogens (tertiary/aromatic N) is 3. The predicted octanol–water partition coefficient (Wildman–Crippen LogP) is 6.41. The number of carbonyl (C=O) groups excluding carboxylic acids is 2. The van der Waals surface area contributed by atoms with Gasteiger partial charge >= 0.3 is 0 Å². The normalized spacial score (nSPS) is 17.3. The number of thioether (sulfide) groups is 1. The third-order valence-electron chi connectivity index (χ3n) is 6.69. The number of hydrogen-bond acceptors (Lipinski definition) is 7. The van der Waals surface area contributed by atoms with Crippen LogP contribution in [0.3, 0.4) is 0 Å². The molecule has 218 valence electrons. The third-order valence-corrected chi connectivity index (χ3v) is 7.95. The van der Waals surface area contributed by atoms with E-state index in [1.54, 1.807) is 21.9 Å². The molecule has 0 atom stereocenters. The fraction of sp³-hybridized carbons (Fsp3) is 0.281.